The molecule has 1 aliphatic carbocycles. The van der Waals surface area contributed by atoms with E-state index < -0.39 is 5.41 Å². The van der Waals surface area contributed by atoms with Gasteiger partial charge in [-0.1, -0.05) is 11.6 Å². The normalized spacial score (nSPS) is 24.4. The van der Waals surface area contributed by atoms with Gasteiger partial charge in [0.15, 0.2) is 0 Å². The molecule has 0 radical (unpaired) electrons. The lowest BCUT2D eigenvalue weighted by Gasteiger charge is -2.38. The molecule has 1 atom stereocenters. The molecule has 1 spiro atoms. The third-order valence-electron chi connectivity index (χ3n) is 5.63. The molecule has 2 heterocycles. The predicted octanol–water partition coefficient (Wildman–Crippen LogP) is 3.36. The third kappa shape index (κ3) is 2.11. The Labute approximate surface area is 126 Å². The number of carbonyl (C=O) groups is 1. The number of aryl methyl sites for hydroxylation is 2. The number of amides is 1. The fraction of sp³-hybridized carbons (Fsp3) is 0.765. The number of hydrogen-bond acceptors (Lipinski definition) is 3. The van der Waals surface area contributed by atoms with Gasteiger partial charge < -0.3 is 9.42 Å². The third-order valence-corrected chi connectivity index (χ3v) is 5.63. The summed E-state index contributed by atoms with van der Waals surface area (Å²) < 4.78 is 5.27. The lowest BCUT2D eigenvalue weighted by Crippen LogP contribution is -2.46. The minimum absolute atomic E-state index is 0.216. The van der Waals surface area contributed by atoms with Crippen LogP contribution in [0.15, 0.2) is 4.52 Å². The summed E-state index contributed by atoms with van der Waals surface area (Å²) in [5.74, 6) is 0.976. The lowest BCUT2D eigenvalue weighted by atomic mass is 9.68. The predicted molar refractivity (Wildman–Crippen MR) is 81.1 cm³/mol. The van der Waals surface area contributed by atoms with Crippen molar-refractivity contribution in [1.29, 1.82) is 0 Å². The summed E-state index contributed by atoms with van der Waals surface area (Å²) in [7, 11) is 0. The first-order chi connectivity index (χ1) is 9.77. The quantitative estimate of drug-likeness (QED) is 0.839. The van der Waals surface area contributed by atoms with E-state index in [1.807, 2.05) is 27.7 Å². The number of nitrogens with zero attached hydrogens (tertiary/aromatic N) is 2. The maximum absolute atomic E-state index is 13.2. The molecule has 0 aromatic carbocycles. The molecule has 3 rings (SSSR count). The van der Waals surface area contributed by atoms with Crippen molar-refractivity contribution in [3.63, 3.8) is 0 Å². The molecule has 1 aromatic rings. The molecule has 4 heteroatoms. The van der Waals surface area contributed by atoms with E-state index in [-0.39, 0.29) is 5.91 Å². The van der Waals surface area contributed by atoms with Gasteiger partial charge in [0.1, 0.15) is 5.76 Å². The first kappa shape index (κ1) is 14.6. The van der Waals surface area contributed by atoms with Gasteiger partial charge in [-0.05, 0) is 59.3 Å². The maximum atomic E-state index is 13.2. The summed E-state index contributed by atoms with van der Waals surface area (Å²) in [6.07, 6.45) is 5.05. The highest BCUT2D eigenvalue weighted by molar-refractivity contribution is 5.88. The highest BCUT2D eigenvalue weighted by atomic mass is 16.5. The van der Waals surface area contributed by atoms with E-state index in [1.54, 1.807) is 0 Å². The zero-order chi connectivity index (χ0) is 15.4. The van der Waals surface area contributed by atoms with Gasteiger partial charge in [-0.25, -0.2) is 0 Å². The molecule has 0 N–H and O–H groups in total. The van der Waals surface area contributed by atoms with Crippen LogP contribution in [0.1, 0.15) is 63.5 Å². The van der Waals surface area contributed by atoms with Crippen molar-refractivity contribution in [2.45, 2.75) is 71.8 Å². The maximum Gasteiger partial charge on any atom is 0.233 e. The average Bonchev–Trinajstić information content (AvgIpc) is 2.89. The van der Waals surface area contributed by atoms with Crippen LogP contribution in [0.25, 0.3) is 0 Å². The molecule has 1 saturated carbocycles. The second kappa shape index (κ2) is 4.59. The Bertz CT molecular complexity index is 550. The second-order valence-corrected chi connectivity index (χ2v) is 7.66. The summed E-state index contributed by atoms with van der Waals surface area (Å²) in [6, 6.07) is 0.345. The fourth-order valence-electron chi connectivity index (χ4n) is 4.47. The van der Waals surface area contributed by atoms with Gasteiger partial charge in [0.2, 0.25) is 5.91 Å². The summed E-state index contributed by atoms with van der Waals surface area (Å²) in [4.78, 5) is 15.3. The van der Waals surface area contributed by atoms with Crippen LogP contribution in [-0.4, -0.2) is 28.6 Å². The molecule has 21 heavy (non-hydrogen) atoms. The number of hydrogen-bond donors (Lipinski definition) is 0. The summed E-state index contributed by atoms with van der Waals surface area (Å²) in [6.45, 7) is 10.9. The molecule has 1 aliphatic heterocycles. The first-order valence-electron chi connectivity index (χ1n) is 8.01. The standard InChI is InChI=1S/C17H26N2O2/c1-11-9-17(7-6-8-17)10-19(11)15(20)16(4,5)14-12(2)18-21-13(14)3/h11H,6-10H2,1-5H3. The van der Waals surface area contributed by atoms with Gasteiger partial charge in [-0.3, -0.25) is 4.79 Å². The van der Waals surface area contributed by atoms with Crippen molar-refractivity contribution in [3.05, 3.63) is 17.0 Å². The molecule has 0 bridgehead atoms. The van der Waals surface area contributed by atoms with E-state index in [2.05, 4.69) is 17.0 Å². The van der Waals surface area contributed by atoms with Crippen LogP contribution in [-0.2, 0) is 10.2 Å². The molecule has 1 amide bonds. The SMILES string of the molecule is Cc1noc(C)c1C(C)(C)C(=O)N1CC2(CCC2)CC1C. The zero-order valence-electron chi connectivity index (χ0n) is 13.8. The van der Waals surface area contributed by atoms with Crippen LogP contribution in [0.5, 0.6) is 0 Å². The zero-order valence-corrected chi connectivity index (χ0v) is 13.8. The van der Waals surface area contributed by atoms with Crippen molar-refractivity contribution in [2.75, 3.05) is 6.54 Å². The molecule has 4 nitrogen and oxygen atoms in total. The van der Waals surface area contributed by atoms with Crippen LogP contribution in [0.4, 0.5) is 0 Å². The van der Waals surface area contributed by atoms with Crippen LogP contribution in [0.3, 0.4) is 0 Å². The van der Waals surface area contributed by atoms with Crippen LogP contribution < -0.4 is 0 Å². The van der Waals surface area contributed by atoms with Crippen molar-refractivity contribution in [3.8, 4) is 0 Å². The topological polar surface area (TPSA) is 46.3 Å². The van der Waals surface area contributed by atoms with Gasteiger partial charge in [0, 0.05) is 18.2 Å². The van der Waals surface area contributed by atoms with E-state index in [9.17, 15) is 4.79 Å². The summed E-state index contributed by atoms with van der Waals surface area (Å²) in [5, 5.41) is 4.02. The van der Waals surface area contributed by atoms with Gasteiger partial charge >= 0.3 is 0 Å². The molecule has 2 fully saturated rings. The van der Waals surface area contributed by atoms with E-state index in [0.29, 0.717) is 11.5 Å². The number of rotatable bonds is 2. The van der Waals surface area contributed by atoms with E-state index in [1.165, 1.54) is 19.3 Å². The molecular weight excluding hydrogens is 264 g/mol. The number of carbonyl (C=O) groups excluding carboxylic acids is 1. The van der Waals surface area contributed by atoms with Crippen molar-refractivity contribution in [1.82, 2.24) is 10.1 Å². The monoisotopic (exact) mass is 290 g/mol. The van der Waals surface area contributed by atoms with Gasteiger partial charge in [0.05, 0.1) is 11.1 Å². The van der Waals surface area contributed by atoms with Crippen molar-refractivity contribution >= 4 is 5.91 Å². The van der Waals surface area contributed by atoms with Crippen molar-refractivity contribution < 1.29 is 9.32 Å². The van der Waals surface area contributed by atoms with Crippen LogP contribution in [0, 0.1) is 19.3 Å². The first-order valence-corrected chi connectivity index (χ1v) is 8.01. The summed E-state index contributed by atoms with van der Waals surface area (Å²) in [5.41, 5.74) is 1.63. The minimum atomic E-state index is -0.572. The fourth-order valence-corrected chi connectivity index (χ4v) is 4.47. The highest BCUT2D eigenvalue weighted by Gasteiger charge is 2.50. The highest BCUT2D eigenvalue weighted by Crippen LogP contribution is 2.51. The Hall–Kier alpha value is -1.32. The lowest BCUT2D eigenvalue weighted by molar-refractivity contribution is -0.137. The molecular formula is C17H26N2O2. The summed E-state index contributed by atoms with van der Waals surface area (Å²) >= 11 is 0. The van der Waals surface area contributed by atoms with Crippen LogP contribution in [0.2, 0.25) is 0 Å². The van der Waals surface area contributed by atoms with E-state index in [0.717, 1.165) is 30.0 Å². The van der Waals surface area contributed by atoms with E-state index >= 15 is 0 Å². The second-order valence-electron chi connectivity index (χ2n) is 7.66. The molecule has 1 unspecified atom stereocenters. The Morgan fingerprint density at radius 2 is 2.05 bits per heavy atom. The Kier molecular flexibility index (Phi) is 3.19. The van der Waals surface area contributed by atoms with Crippen LogP contribution >= 0.6 is 0 Å². The largest absolute Gasteiger partial charge is 0.361 e. The number of aromatic nitrogens is 1. The Balaban J connectivity index is 1.87. The Morgan fingerprint density at radius 1 is 1.38 bits per heavy atom. The van der Waals surface area contributed by atoms with Gasteiger partial charge in [-0.15, -0.1) is 0 Å². The Morgan fingerprint density at radius 3 is 2.48 bits per heavy atom. The molecule has 1 saturated heterocycles. The molecule has 2 aliphatic rings. The molecule has 116 valence electrons. The average molecular weight is 290 g/mol. The minimum Gasteiger partial charge on any atom is -0.361 e. The van der Waals surface area contributed by atoms with Gasteiger partial charge in [-0.2, -0.15) is 0 Å². The molecule has 1 aromatic heterocycles. The van der Waals surface area contributed by atoms with E-state index in [4.69, 9.17) is 4.52 Å². The van der Waals surface area contributed by atoms with Gasteiger partial charge in [0.25, 0.3) is 0 Å². The smallest absolute Gasteiger partial charge is 0.233 e. The number of likely N-dealkylation sites (tertiary alicyclic amines) is 1. The van der Waals surface area contributed by atoms with Crippen molar-refractivity contribution in [2.24, 2.45) is 5.41 Å².